The van der Waals surface area contributed by atoms with E-state index in [1.807, 2.05) is 0 Å². The molecule has 0 amide bonds. The highest BCUT2D eigenvalue weighted by Crippen LogP contribution is 2.36. The van der Waals surface area contributed by atoms with Gasteiger partial charge in [0.2, 0.25) is 0 Å². The lowest BCUT2D eigenvalue weighted by molar-refractivity contribution is 0.416. The highest BCUT2D eigenvalue weighted by molar-refractivity contribution is 9.10. The molecule has 22 heavy (non-hydrogen) atoms. The molecule has 0 aliphatic rings. The van der Waals surface area contributed by atoms with Crippen LogP contribution >= 0.6 is 39.1 Å². The van der Waals surface area contributed by atoms with Crippen molar-refractivity contribution in [2.45, 2.75) is 4.90 Å². The first-order valence-corrected chi connectivity index (χ1v) is 8.82. The van der Waals surface area contributed by atoms with Crippen molar-refractivity contribution in [1.29, 1.82) is 0 Å². The molecule has 2 rings (SSSR count). The molecule has 9 heteroatoms. The van der Waals surface area contributed by atoms with Crippen LogP contribution in [0, 0.1) is 0 Å². The van der Waals surface area contributed by atoms with Gasteiger partial charge in [-0.05, 0) is 30.3 Å². The molecule has 0 atom stereocenters. The predicted octanol–water partition coefficient (Wildman–Crippen LogP) is 4.27. The number of nitrogens with one attached hydrogen (secondary N) is 1. The quantitative estimate of drug-likeness (QED) is 0.765. The minimum absolute atomic E-state index is 0.0874. The molecule has 0 fully saturated rings. The normalized spacial score (nSPS) is 11.3. The van der Waals surface area contributed by atoms with Gasteiger partial charge in [0, 0.05) is 9.50 Å². The topological polar surface area (TPSA) is 75.6 Å². The number of sulfonamides is 1. The van der Waals surface area contributed by atoms with E-state index in [9.17, 15) is 13.5 Å². The molecule has 0 aliphatic heterocycles. The van der Waals surface area contributed by atoms with Crippen molar-refractivity contribution >= 4 is 54.8 Å². The van der Waals surface area contributed by atoms with Gasteiger partial charge in [-0.2, -0.15) is 0 Å². The molecular weight excluding hydrogens is 417 g/mol. The number of rotatable bonds is 4. The number of benzene rings is 2. The van der Waals surface area contributed by atoms with Gasteiger partial charge in [0.25, 0.3) is 10.0 Å². The Morgan fingerprint density at radius 2 is 1.91 bits per heavy atom. The van der Waals surface area contributed by atoms with E-state index in [1.165, 1.54) is 19.2 Å². The van der Waals surface area contributed by atoms with Crippen molar-refractivity contribution in [3.63, 3.8) is 0 Å². The average molecular weight is 427 g/mol. The van der Waals surface area contributed by atoms with Crippen molar-refractivity contribution in [3.8, 4) is 11.5 Å². The van der Waals surface area contributed by atoms with Gasteiger partial charge in [-0.15, -0.1) is 0 Å². The van der Waals surface area contributed by atoms with E-state index in [-0.39, 0.29) is 15.7 Å². The van der Waals surface area contributed by atoms with E-state index in [4.69, 9.17) is 27.9 Å². The van der Waals surface area contributed by atoms with Crippen molar-refractivity contribution in [3.05, 3.63) is 44.8 Å². The van der Waals surface area contributed by atoms with E-state index in [1.54, 1.807) is 12.1 Å². The fourth-order valence-corrected chi connectivity index (χ4v) is 3.89. The lowest BCUT2D eigenvalue weighted by Gasteiger charge is -2.13. The fraction of sp³-hybridized carbons (Fsp3) is 0.0769. The number of hydrogen-bond donors (Lipinski definition) is 2. The molecule has 5 nitrogen and oxygen atoms in total. The second-order valence-electron chi connectivity index (χ2n) is 4.18. The first-order chi connectivity index (χ1) is 10.2. The molecule has 118 valence electrons. The van der Waals surface area contributed by atoms with Crippen LogP contribution < -0.4 is 9.46 Å². The third-order valence-corrected chi connectivity index (χ3v) is 5.07. The predicted molar refractivity (Wildman–Crippen MR) is 89.6 cm³/mol. The Hall–Kier alpha value is -1.15. The summed E-state index contributed by atoms with van der Waals surface area (Å²) in [7, 11) is -2.70. The standard InChI is InChI=1S/C13H10BrCl2NO4S/c1-21-11-3-2-7(14)4-10(11)17-22(19,20)12-6-8(15)5-9(16)13(12)18/h2-6,17-18H,1H3. The number of methoxy groups -OCH3 is 1. The van der Waals surface area contributed by atoms with Gasteiger partial charge in [0.1, 0.15) is 10.6 Å². The summed E-state index contributed by atoms with van der Waals surface area (Å²) in [5.41, 5.74) is 0.201. The van der Waals surface area contributed by atoms with Crippen molar-refractivity contribution < 1.29 is 18.3 Å². The van der Waals surface area contributed by atoms with Gasteiger partial charge < -0.3 is 9.84 Å². The summed E-state index contributed by atoms with van der Waals surface area (Å²) in [5.74, 6) is -0.257. The Balaban J connectivity index is 2.51. The number of hydrogen-bond acceptors (Lipinski definition) is 4. The van der Waals surface area contributed by atoms with Gasteiger partial charge in [0.05, 0.1) is 17.8 Å². The van der Waals surface area contributed by atoms with Crippen LogP contribution in [-0.4, -0.2) is 20.6 Å². The number of phenolic OH excluding ortho intramolecular Hbond substituents is 1. The second-order valence-corrected chi connectivity index (χ2v) is 7.59. The molecule has 0 saturated carbocycles. The summed E-state index contributed by atoms with van der Waals surface area (Å²) >= 11 is 14.8. The number of halogens is 3. The number of ether oxygens (including phenoxy) is 1. The molecule has 0 radical (unpaired) electrons. The van der Waals surface area contributed by atoms with Gasteiger partial charge in [0.15, 0.2) is 5.75 Å². The summed E-state index contributed by atoms with van der Waals surface area (Å²) in [6.45, 7) is 0. The highest BCUT2D eigenvalue weighted by Gasteiger charge is 2.23. The van der Waals surface area contributed by atoms with E-state index in [0.29, 0.717) is 10.2 Å². The zero-order chi connectivity index (χ0) is 16.5. The molecular formula is C13H10BrCl2NO4S. The van der Waals surface area contributed by atoms with E-state index in [2.05, 4.69) is 20.7 Å². The van der Waals surface area contributed by atoms with Crippen LogP contribution in [0.5, 0.6) is 11.5 Å². The van der Waals surface area contributed by atoms with Crippen LogP contribution in [0.15, 0.2) is 39.7 Å². The van der Waals surface area contributed by atoms with Crippen LogP contribution in [0.1, 0.15) is 0 Å². The van der Waals surface area contributed by atoms with Crippen molar-refractivity contribution in [1.82, 2.24) is 0 Å². The molecule has 0 aromatic heterocycles. The first-order valence-electron chi connectivity index (χ1n) is 5.79. The van der Waals surface area contributed by atoms with Crippen molar-refractivity contribution in [2.75, 3.05) is 11.8 Å². The maximum absolute atomic E-state index is 12.4. The SMILES string of the molecule is COc1ccc(Br)cc1NS(=O)(=O)c1cc(Cl)cc(Cl)c1O. The van der Waals surface area contributed by atoms with Crippen LogP contribution in [-0.2, 0) is 10.0 Å². The van der Waals surface area contributed by atoms with E-state index < -0.39 is 20.7 Å². The molecule has 0 aliphatic carbocycles. The Labute approximate surface area is 146 Å². The maximum atomic E-state index is 12.4. The van der Waals surface area contributed by atoms with Gasteiger partial charge >= 0.3 is 0 Å². The summed E-state index contributed by atoms with van der Waals surface area (Å²) < 4.78 is 33.0. The molecule has 2 N–H and O–H groups in total. The van der Waals surface area contributed by atoms with E-state index >= 15 is 0 Å². The van der Waals surface area contributed by atoms with Crippen LogP contribution in [0.3, 0.4) is 0 Å². The molecule has 2 aromatic rings. The summed E-state index contributed by atoms with van der Waals surface area (Å²) in [6, 6.07) is 7.17. The Morgan fingerprint density at radius 3 is 2.55 bits per heavy atom. The third kappa shape index (κ3) is 3.60. The lowest BCUT2D eigenvalue weighted by Crippen LogP contribution is -2.14. The molecule has 0 saturated heterocycles. The minimum atomic E-state index is -4.11. The summed E-state index contributed by atoms with van der Waals surface area (Å²) in [5, 5.41) is 9.80. The first kappa shape index (κ1) is 17.2. The summed E-state index contributed by atoms with van der Waals surface area (Å²) in [4.78, 5) is -0.424. The number of anilines is 1. The Kier molecular flexibility index (Phi) is 5.11. The molecule has 0 spiro atoms. The van der Waals surface area contributed by atoms with Crippen molar-refractivity contribution in [2.24, 2.45) is 0 Å². The lowest BCUT2D eigenvalue weighted by atomic mass is 10.3. The summed E-state index contributed by atoms with van der Waals surface area (Å²) in [6.07, 6.45) is 0. The van der Waals surface area contributed by atoms with Gasteiger partial charge in [-0.3, -0.25) is 4.72 Å². The molecule has 0 heterocycles. The molecule has 0 unspecified atom stereocenters. The smallest absolute Gasteiger partial charge is 0.265 e. The van der Waals surface area contributed by atoms with Gasteiger partial charge in [-0.1, -0.05) is 39.1 Å². The minimum Gasteiger partial charge on any atom is -0.505 e. The second kappa shape index (κ2) is 6.54. The van der Waals surface area contributed by atoms with Crippen LogP contribution in [0.25, 0.3) is 0 Å². The number of phenols is 1. The monoisotopic (exact) mass is 425 g/mol. The zero-order valence-electron chi connectivity index (χ0n) is 11.1. The third-order valence-electron chi connectivity index (χ3n) is 2.69. The Bertz CT molecular complexity index is 827. The van der Waals surface area contributed by atoms with Gasteiger partial charge in [-0.25, -0.2) is 8.42 Å². The molecule has 0 bridgehead atoms. The molecule has 2 aromatic carbocycles. The van der Waals surface area contributed by atoms with E-state index in [0.717, 1.165) is 6.07 Å². The highest BCUT2D eigenvalue weighted by atomic mass is 79.9. The zero-order valence-corrected chi connectivity index (χ0v) is 15.0. The maximum Gasteiger partial charge on any atom is 0.265 e. The Morgan fingerprint density at radius 1 is 1.23 bits per heavy atom. The van der Waals surface area contributed by atoms with Crippen LogP contribution in [0.2, 0.25) is 10.0 Å². The van der Waals surface area contributed by atoms with Crippen LogP contribution in [0.4, 0.5) is 5.69 Å². The fourth-order valence-electron chi connectivity index (χ4n) is 1.71. The largest absolute Gasteiger partial charge is 0.505 e. The number of aromatic hydroxyl groups is 1. The average Bonchev–Trinajstić information content (AvgIpc) is 2.42.